The molecule has 0 unspecified atom stereocenters. The number of benzene rings is 4. The molecule has 6 heteroatoms. The number of aryl methyl sites for hydroxylation is 1. The van der Waals surface area contributed by atoms with Crippen LogP contribution in [0.3, 0.4) is 0 Å². The third kappa shape index (κ3) is 5.16. The van der Waals surface area contributed by atoms with Crippen LogP contribution in [0, 0.1) is 11.6 Å². The van der Waals surface area contributed by atoms with E-state index in [2.05, 4.69) is 11.7 Å². The monoisotopic (exact) mass is 456 g/mol. The van der Waals surface area contributed by atoms with Crippen LogP contribution in [-0.4, -0.2) is 6.36 Å². The number of hydrogen-bond acceptors (Lipinski definition) is 1. The van der Waals surface area contributed by atoms with Crippen LogP contribution in [0.15, 0.2) is 72.8 Å². The quantitative estimate of drug-likeness (QED) is 0.264. The van der Waals surface area contributed by atoms with Crippen molar-refractivity contribution in [3.05, 3.63) is 90.0 Å². The number of ether oxygens (including phenoxy) is 1. The van der Waals surface area contributed by atoms with Gasteiger partial charge in [-0.25, -0.2) is 8.78 Å². The van der Waals surface area contributed by atoms with Crippen LogP contribution in [0.4, 0.5) is 22.0 Å². The molecule has 0 heterocycles. The van der Waals surface area contributed by atoms with Crippen molar-refractivity contribution in [2.75, 3.05) is 0 Å². The van der Waals surface area contributed by atoms with Gasteiger partial charge in [-0.1, -0.05) is 67.9 Å². The van der Waals surface area contributed by atoms with Gasteiger partial charge in [0.1, 0.15) is 17.4 Å². The maximum Gasteiger partial charge on any atom is 0.573 e. The highest BCUT2D eigenvalue weighted by Crippen LogP contribution is 2.33. The molecule has 0 radical (unpaired) electrons. The van der Waals surface area contributed by atoms with Crippen LogP contribution < -0.4 is 4.74 Å². The maximum atomic E-state index is 15.2. The Kier molecular flexibility index (Phi) is 6.36. The topological polar surface area (TPSA) is 9.23 Å². The molecule has 33 heavy (non-hydrogen) atoms. The molecular weight excluding hydrogens is 435 g/mol. The Morgan fingerprint density at radius 2 is 1.45 bits per heavy atom. The molecule has 0 N–H and O–H groups in total. The van der Waals surface area contributed by atoms with Crippen LogP contribution in [0.2, 0.25) is 0 Å². The van der Waals surface area contributed by atoms with E-state index in [9.17, 15) is 17.6 Å². The maximum absolute atomic E-state index is 15.2. The standard InChI is InChI=1S/C27H21F5O/c1-2-3-4-17-5-12-23-19(15-17)9-14-24(26(23)29)20-8-13-22(25(28)16-20)18-6-10-21(11-7-18)33-27(30,31)32/h5-16H,2-4H2,1H3. The molecule has 0 spiro atoms. The summed E-state index contributed by atoms with van der Waals surface area (Å²) in [5, 5.41) is 1.26. The highest BCUT2D eigenvalue weighted by atomic mass is 19.4. The van der Waals surface area contributed by atoms with E-state index in [0.29, 0.717) is 16.5 Å². The molecule has 170 valence electrons. The molecule has 0 saturated heterocycles. The van der Waals surface area contributed by atoms with Crippen molar-refractivity contribution < 1.29 is 26.7 Å². The minimum Gasteiger partial charge on any atom is -0.406 e. The second-order valence-corrected chi connectivity index (χ2v) is 7.85. The first-order valence-corrected chi connectivity index (χ1v) is 10.6. The molecule has 0 atom stereocenters. The van der Waals surface area contributed by atoms with Crippen molar-refractivity contribution in [3.8, 4) is 28.0 Å². The Labute approximate surface area is 188 Å². The smallest absolute Gasteiger partial charge is 0.406 e. The first kappa shape index (κ1) is 22.8. The average molecular weight is 456 g/mol. The molecule has 0 fully saturated rings. The SMILES string of the molecule is CCCCc1ccc2c(F)c(-c3ccc(-c4ccc(OC(F)(F)F)cc4)c(F)c3)ccc2c1. The number of hydrogen-bond donors (Lipinski definition) is 0. The van der Waals surface area contributed by atoms with Crippen LogP contribution in [0.5, 0.6) is 5.75 Å². The predicted molar refractivity (Wildman–Crippen MR) is 120 cm³/mol. The highest BCUT2D eigenvalue weighted by Gasteiger charge is 2.31. The predicted octanol–water partition coefficient (Wildman–Crippen LogP) is 8.69. The molecular formula is C27H21F5O. The van der Waals surface area contributed by atoms with E-state index in [-0.39, 0.29) is 16.9 Å². The number of unbranched alkanes of at least 4 members (excludes halogenated alkanes) is 1. The number of rotatable bonds is 6. The number of halogens is 5. The summed E-state index contributed by atoms with van der Waals surface area (Å²) in [5.41, 5.74) is 2.38. The second-order valence-electron chi connectivity index (χ2n) is 7.85. The Balaban J connectivity index is 1.63. The zero-order valence-corrected chi connectivity index (χ0v) is 17.8. The summed E-state index contributed by atoms with van der Waals surface area (Å²) in [5.74, 6) is -1.42. The summed E-state index contributed by atoms with van der Waals surface area (Å²) in [7, 11) is 0. The van der Waals surface area contributed by atoms with Crippen LogP contribution in [0.1, 0.15) is 25.3 Å². The van der Waals surface area contributed by atoms with Gasteiger partial charge in [0.2, 0.25) is 0 Å². The van der Waals surface area contributed by atoms with Crippen molar-refractivity contribution >= 4 is 10.8 Å². The van der Waals surface area contributed by atoms with E-state index in [0.717, 1.165) is 42.3 Å². The van der Waals surface area contributed by atoms with Gasteiger partial charge in [-0.05, 0) is 53.1 Å². The fourth-order valence-corrected chi connectivity index (χ4v) is 3.85. The first-order valence-electron chi connectivity index (χ1n) is 10.6. The van der Waals surface area contributed by atoms with Crippen molar-refractivity contribution in [3.63, 3.8) is 0 Å². The summed E-state index contributed by atoms with van der Waals surface area (Å²) in [4.78, 5) is 0. The van der Waals surface area contributed by atoms with Crippen molar-refractivity contribution in [2.24, 2.45) is 0 Å². The van der Waals surface area contributed by atoms with Crippen molar-refractivity contribution in [2.45, 2.75) is 32.5 Å². The Bertz CT molecular complexity index is 1280. The number of fused-ring (bicyclic) bond motifs is 1. The zero-order valence-electron chi connectivity index (χ0n) is 17.8. The lowest BCUT2D eigenvalue weighted by molar-refractivity contribution is -0.274. The van der Waals surface area contributed by atoms with Gasteiger partial charge in [-0.3, -0.25) is 0 Å². The lowest BCUT2D eigenvalue weighted by Gasteiger charge is -2.12. The normalized spacial score (nSPS) is 11.7. The van der Waals surface area contributed by atoms with Gasteiger partial charge in [0.05, 0.1) is 0 Å². The number of alkyl halides is 3. The van der Waals surface area contributed by atoms with E-state index in [1.165, 1.54) is 24.3 Å². The summed E-state index contributed by atoms with van der Waals surface area (Å²) < 4.78 is 70.9. The molecule has 0 aromatic heterocycles. The Morgan fingerprint density at radius 1 is 0.758 bits per heavy atom. The second kappa shape index (κ2) is 9.22. The van der Waals surface area contributed by atoms with Crippen molar-refractivity contribution in [1.82, 2.24) is 0 Å². The van der Waals surface area contributed by atoms with Crippen molar-refractivity contribution in [1.29, 1.82) is 0 Å². The molecule has 4 rings (SSSR count). The highest BCUT2D eigenvalue weighted by molar-refractivity contribution is 5.89. The third-order valence-electron chi connectivity index (χ3n) is 5.52. The average Bonchev–Trinajstić information content (AvgIpc) is 2.77. The molecule has 0 aliphatic heterocycles. The van der Waals surface area contributed by atoms with Crippen LogP contribution >= 0.6 is 0 Å². The lowest BCUT2D eigenvalue weighted by atomic mass is 9.96. The van der Waals surface area contributed by atoms with E-state index >= 15 is 4.39 Å². The molecule has 0 bridgehead atoms. The molecule has 4 aromatic rings. The largest absolute Gasteiger partial charge is 0.573 e. The first-order chi connectivity index (χ1) is 15.7. The fourth-order valence-electron chi connectivity index (χ4n) is 3.85. The minimum atomic E-state index is -4.80. The van der Waals surface area contributed by atoms with Crippen LogP contribution in [0.25, 0.3) is 33.0 Å². The van der Waals surface area contributed by atoms with E-state index in [4.69, 9.17) is 0 Å². The summed E-state index contributed by atoms with van der Waals surface area (Å²) >= 11 is 0. The third-order valence-corrected chi connectivity index (χ3v) is 5.52. The molecule has 0 saturated carbocycles. The minimum absolute atomic E-state index is 0.194. The Morgan fingerprint density at radius 3 is 2.12 bits per heavy atom. The van der Waals surface area contributed by atoms with Gasteiger partial charge < -0.3 is 4.74 Å². The van der Waals surface area contributed by atoms with E-state index in [1.807, 2.05) is 18.2 Å². The summed E-state index contributed by atoms with van der Waals surface area (Å²) in [6.07, 6.45) is -1.71. The Hall–Kier alpha value is -3.41. The van der Waals surface area contributed by atoms with E-state index in [1.54, 1.807) is 18.2 Å². The van der Waals surface area contributed by atoms with Gasteiger partial charge in [-0.15, -0.1) is 13.2 Å². The molecule has 0 aliphatic carbocycles. The van der Waals surface area contributed by atoms with Gasteiger partial charge >= 0.3 is 6.36 Å². The molecule has 1 nitrogen and oxygen atoms in total. The van der Waals surface area contributed by atoms with E-state index < -0.39 is 18.0 Å². The fraction of sp³-hybridized carbons (Fsp3) is 0.185. The molecule has 0 aliphatic rings. The summed E-state index contributed by atoms with van der Waals surface area (Å²) in [6, 6.07) is 18.4. The zero-order chi connectivity index (χ0) is 23.6. The van der Waals surface area contributed by atoms with Gasteiger partial charge in [0.15, 0.2) is 0 Å². The molecule has 4 aromatic carbocycles. The van der Waals surface area contributed by atoms with Crippen LogP contribution in [-0.2, 0) is 6.42 Å². The van der Waals surface area contributed by atoms with Gasteiger partial charge in [0.25, 0.3) is 0 Å². The van der Waals surface area contributed by atoms with Gasteiger partial charge in [0, 0.05) is 16.5 Å². The summed E-state index contributed by atoms with van der Waals surface area (Å²) in [6.45, 7) is 2.12. The molecule has 0 amide bonds. The lowest BCUT2D eigenvalue weighted by Crippen LogP contribution is -2.16. The van der Waals surface area contributed by atoms with Gasteiger partial charge in [-0.2, -0.15) is 0 Å².